The van der Waals surface area contributed by atoms with Crippen LogP contribution in [0.1, 0.15) is 24.1 Å². The number of hydroxylamine groups is 1. The number of amides is 2. The number of hydrogen-bond acceptors (Lipinski definition) is 6. The average Bonchev–Trinajstić information content (AvgIpc) is 3.49. The SMILES string of the molecule is CCOc1cc([C@@H]2[C@H]3C(=O)N(c4ccccc4Cl)C(=O)[C@@H]3ON2c2ccccc2)ccc1OCc1ccccc1. The molecular formula is C32H27ClN2O5. The van der Waals surface area contributed by atoms with E-state index in [-0.39, 0.29) is 5.91 Å². The van der Waals surface area contributed by atoms with Crippen molar-refractivity contribution in [1.29, 1.82) is 0 Å². The molecular weight excluding hydrogens is 528 g/mol. The number of carbonyl (C=O) groups is 2. The van der Waals surface area contributed by atoms with Crippen LogP contribution in [0.2, 0.25) is 5.02 Å². The van der Waals surface area contributed by atoms with Crippen LogP contribution in [0.25, 0.3) is 0 Å². The first-order valence-electron chi connectivity index (χ1n) is 13.1. The zero-order valence-electron chi connectivity index (χ0n) is 21.8. The van der Waals surface area contributed by atoms with E-state index in [0.29, 0.717) is 35.4 Å². The predicted molar refractivity (Wildman–Crippen MR) is 152 cm³/mol. The van der Waals surface area contributed by atoms with Crippen LogP contribution in [0.3, 0.4) is 0 Å². The van der Waals surface area contributed by atoms with Crippen LogP contribution in [0.4, 0.5) is 11.4 Å². The molecule has 2 amide bonds. The molecule has 4 aromatic rings. The number of halogens is 1. The topological polar surface area (TPSA) is 68.3 Å². The number of rotatable bonds is 8. The number of benzene rings is 4. The van der Waals surface area contributed by atoms with E-state index in [1.165, 1.54) is 0 Å². The van der Waals surface area contributed by atoms with Gasteiger partial charge < -0.3 is 9.47 Å². The molecule has 0 bridgehead atoms. The molecule has 6 rings (SSSR count). The van der Waals surface area contributed by atoms with Gasteiger partial charge in [-0.3, -0.25) is 14.4 Å². The van der Waals surface area contributed by atoms with E-state index in [9.17, 15) is 9.59 Å². The van der Waals surface area contributed by atoms with Gasteiger partial charge in [-0.25, -0.2) is 9.96 Å². The molecule has 0 saturated carbocycles. The van der Waals surface area contributed by atoms with Gasteiger partial charge in [-0.2, -0.15) is 0 Å². The predicted octanol–water partition coefficient (Wildman–Crippen LogP) is 6.37. The summed E-state index contributed by atoms with van der Waals surface area (Å²) in [5, 5.41) is 1.98. The lowest BCUT2D eigenvalue weighted by Crippen LogP contribution is -2.37. The van der Waals surface area contributed by atoms with E-state index in [2.05, 4.69) is 0 Å². The van der Waals surface area contributed by atoms with Crippen LogP contribution in [0.5, 0.6) is 11.5 Å². The fourth-order valence-corrected chi connectivity index (χ4v) is 5.47. The third-order valence-electron chi connectivity index (χ3n) is 7.07. The summed E-state index contributed by atoms with van der Waals surface area (Å²) in [5.41, 5.74) is 2.87. The first-order chi connectivity index (χ1) is 19.6. The van der Waals surface area contributed by atoms with Gasteiger partial charge in [-0.15, -0.1) is 0 Å². The maximum Gasteiger partial charge on any atom is 0.266 e. The van der Waals surface area contributed by atoms with E-state index in [0.717, 1.165) is 21.7 Å². The van der Waals surface area contributed by atoms with Crippen molar-refractivity contribution >= 4 is 34.8 Å². The molecule has 0 radical (unpaired) electrons. The third kappa shape index (κ3) is 4.68. The number of hydrogen-bond donors (Lipinski definition) is 0. The van der Waals surface area contributed by atoms with Crippen LogP contribution >= 0.6 is 11.6 Å². The van der Waals surface area contributed by atoms with Crippen molar-refractivity contribution in [3.8, 4) is 11.5 Å². The van der Waals surface area contributed by atoms with Crippen molar-refractivity contribution in [2.45, 2.75) is 25.7 Å². The number of carbonyl (C=O) groups excluding carboxylic acids is 2. The van der Waals surface area contributed by atoms with E-state index in [1.807, 2.05) is 85.8 Å². The summed E-state index contributed by atoms with van der Waals surface area (Å²) in [6.07, 6.45) is -1.00. The van der Waals surface area contributed by atoms with Gasteiger partial charge in [0.15, 0.2) is 17.6 Å². The number of fused-ring (bicyclic) bond motifs is 1. The molecule has 0 aromatic heterocycles. The van der Waals surface area contributed by atoms with Gasteiger partial charge in [0.05, 0.1) is 29.0 Å². The van der Waals surface area contributed by atoms with Crippen LogP contribution in [0.15, 0.2) is 103 Å². The number of ether oxygens (including phenoxy) is 2. The highest BCUT2D eigenvalue weighted by Crippen LogP contribution is 2.49. The lowest BCUT2D eigenvalue weighted by atomic mass is 9.90. The van der Waals surface area contributed by atoms with Crippen LogP contribution in [0, 0.1) is 5.92 Å². The molecule has 40 heavy (non-hydrogen) atoms. The third-order valence-corrected chi connectivity index (χ3v) is 7.39. The Bertz CT molecular complexity index is 1530. The Labute approximate surface area is 237 Å². The maximum absolute atomic E-state index is 13.9. The molecule has 0 aliphatic carbocycles. The second-order valence-electron chi connectivity index (χ2n) is 9.53. The number of imide groups is 1. The second kappa shape index (κ2) is 11.0. The number of nitrogens with zero attached hydrogens (tertiary/aromatic N) is 2. The summed E-state index contributed by atoms with van der Waals surface area (Å²) >= 11 is 6.39. The molecule has 2 fully saturated rings. The second-order valence-corrected chi connectivity index (χ2v) is 9.94. The molecule has 2 heterocycles. The molecule has 0 unspecified atom stereocenters. The van der Waals surface area contributed by atoms with Gasteiger partial charge in [0.1, 0.15) is 12.5 Å². The Balaban J connectivity index is 1.38. The van der Waals surface area contributed by atoms with Crippen molar-refractivity contribution in [3.05, 3.63) is 119 Å². The van der Waals surface area contributed by atoms with Gasteiger partial charge in [0.2, 0.25) is 5.91 Å². The van der Waals surface area contributed by atoms with Crippen LogP contribution in [-0.2, 0) is 21.0 Å². The summed E-state index contributed by atoms with van der Waals surface area (Å²) in [5.74, 6) is -0.474. The molecule has 2 aliphatic heterocycles. The van der Waals surface area contributed by atoms with Crippen molar-refractivity contribution in [3.63, 3.8) is 0 Å². The largest absolute Gasteiger partial charge is 0.490 e. The van der Waals surface area contributed by atoms with Gasteiger partial charge in [0, 0.05) is 0 Å². The Hall–Kier alpha value is -4.33. The Morgan fingerprint density at radius 2 is 1.50 bits per heavy atom. The van der Waals surface area contributed by atoms with E-state index < -0.39 is 24.0 Å². The van der Waals surface area contributed by atoms with Gasteiger partial charge in [-0.1, -0.05) is 78.3 Å². The Morgan fingerprint density at radius 3 is 2.23 bits per heavy atom. The monoisotopic (exact) mass is 554 g/mol. The van der Waals surface area contributed by atoms with Crippen molar-refractivity contribution < 1.29 is 23.9 Å². The summed E-state index contributed by atoms with van der Waals surface area (Å²) in [6.45, 7) is 2.71. The highest BCUT2D eigenvalue weighted by Gasteiger charge is 2.60. The normalized spacial score (nSPS) is 20.1. The fraction of sp³-hybridized carbons (Fsp3) is 0.188. The molecule has 0 spiro atoms. The van der Waals surface area contributed by atoms with Crippen molar-refractivity contribution in [2.75, 3.05) is 16.6 Å². The molecule has 2 saturated heterocycles. The Morgan fingerprint density at radius 1 is 0.800 bits per heavy atom. The van der Waals surface area contributed by atoms with E-state index in [4.69, 9.17) is 25.9 Å². The number of anilines is 2. The van der Waals surface area contributed by atoms with Crippen molar-refractivity contribution in [1.82, 2.24) is 0 Å². The zero-order chi connectivity index (χ0) is 27.6. The quantitative estimate of drug-likeness (QED) is 0.236. The Kier molecular flexibility index (Phi) is 7.15. The average molecular weight is 555 g/mol. The summed E-state index contributed by atoms with van der Waals surface area (Å²) in [7, 11) is 0. The smallest absolute Gasteiger partial charge is 0.266 e. The van der Waals surface area contributed by atoms with Crippen LogP contribution in [-0.4, -0.2) is 24.5 Å². The summed E-state index contributed by atoms with van der Waals surface area (Å²) < 4.78 is 12.1. The zero-order valence-corrected chi connectivity index (χ0v) is 22.5. The minimum absolute atomic E-state index is 0.319. The van der Waals surface area contributed by atoms with E-state index >= 15 is 0 Å². The lowest BCUT2D eigenvalue weighted by molar-refractivity contribution is -0.126. The lowest BCUT2D eigenvalue weighted by Gasteiger charge is -2.29. The molecule has 4 aromatic carbocycles. The highest BCUT2D eigenvalue weighted by molar-refractivity contribution is 6.36. The standard InChI is InChI=1S/C32H27ClN2O5/c1-2-38-27-19-22(17-18-26(27)39-20-21-11-5-3-6-12-21)29-28-30(40-35(29)23-13-7-4-8-14-23)32(37)34(31(28)36)25-16-10-9-15-24(25)33/h3-19,28-30H,2,20H2,1H3/t28-,29-,30-/m1/s1. The minimum Gasteiger partial charge on any atom is -0.490 e. The van der Waals surface area contributed by atoms with Gasteiger partial charge in [-0.05, 0) is 54.4 Å². The molecule has 3 atom stereocenters. The molecule has 2 aliphatic rings. The molecule has 8 heteroatoms. The molecule has 7 nitrogen and oxygen atoms in total. The summed E-state index contributed by atoms with van der Waals surface area (Å²) in [6, 6.07) is 31.1. The highest BCUT2D eigenvalue weighted by atomic mass is 35.5. The van der Waals surface area contributed by atoms with Gasteiger partial charge >= 0.3 is 0 Å². The summed E-state index contributed by atoms with van der Waals surface area (Å²) in [4.78, 5) is 34.9. The number of para-hydroxylation sites is 2. The fourth-order valence-electron chi connectivity index (χ4n) is 5.25. The molecule has 0 N–H and O–H groups in total. The maximum atomic E-state index is 13.9. The van der Waals surface area contributed by atoms with Gasteiger partial charge in [0.25, 0.3) is 5.91 Å². The van der Waals surface area contributed by atoms with Crippen LogP contribution < -0.4 is 19.4 Å². The first-order valence-corrected chi connectivity index (χ1v) is 13.5. The molecule has 202 valence electrons. The van der Waals surface area contributed by atoms with E-state index in [1.54, 1.807) is 29.3 Å². The van der Waals surface area contributed by atoms with Crippen molar-refractivity contribution in [2.24, 2.45) is 5.92 Å². The minimum atomic E-state index is -1.00. The first kappa shape index (κ1) is 25.9.